The zero-order valence-corrected chi connectivity index (χ0v) is 13.5. The van der Waals surface area contributed by atoms with Crippen molar-refractivity contribution in [1.82, 2.24) is 4.90 Å². The van der Waals surface area contributed by atoms with Gasteiger partial charge in [0.25, 0.3) is 0 Å². The Kier molecular flexibility index (Phi) is 4.52. The average molecular weight is 304 g/mol. The minimum absolute atomic E-state index is 0.211. The van der Waals surface area contributed by atoms with Gasteiger partial charge in [0.15, 0.2) is 11.5 Å². The standard InChI is InChI=1S/C17H24N2O3/c1-12(2)15(9-20-3)18-10-19-5-4-13-6-16-17(22-11-21-16)7-14(13)8-19/h6-7,10,12,15H,4-5,8-9,11H2,1-3H3. The normalized spacial score (nSPS) is 18.1. The lowest BCUT2D eigenvalue weighted by Crippen LogP contribution is -2.31. The van der Waals surface area contributed by atoms with Crippen molar-refractivity contribution < 1.29 is 14.2 Å². The van der Waals surface area contributed by atoms with E-state index in [0.29, 0.717) is 19.3 Å². The Balaban J connectivity index is 1.69. The second-order valence-electron chi connectivity index (χ2n) is 6.23. The van der Waals surface area contributed by atoms with E-state index in [2.05, 4.69) is 30.9 Å². The van der Waals surface area contributed by atoms with Crippen LogP contribution in [0.1, 0.15) is 25.0 Å². The number of fused-ring (bicyclic) bond motifs is 2. The Morgan fingerprint density at radius 1 is 1.27 bits per heavy atom. The maximum absolute atomic E-state index is 5.47. The summed E-state index contributed by atoms with van der Waals surface area (Å²) in [6, 6.07) is 4.43. The highest BCUT2D eigenvalue weighted by Crippen LogP contribution is 2.36. The maximum Gasteiger partial charge on any atom is 0.231 e. The molecule has 2 aliphatic heterocycles. The van der Waals surface area contributed by atoms with Crippen LogP contribution in [0.3, 0.4) is 0 Å². The van der Waals surface area contributed by atoms with Crippen molar-refractivity contribution in [2.24, 2.45) is 10.9 Å². The first-order valence-corrected chi connectivity index (χ1v) is 7.85. The minimum atomic E-state index is 0.211. The molecule has 2 aliphatic rings. The SMILES string of the molecule is COCC(N=CN1CCc2cc3c(cc2C1)OCO3)C(C)C. The van der Waals surface area contributed by atoms with E-state index in [1.807, 2.05) is 6.34 Å². The van der Waals surface area contributed by atoms with Gasteiger partial charge in [0.2, 0.25) is 6.79 Å². The van der Waals surface area contributed by atoms with Crippen LogP contribution >= 0.6 is 0 Å². The molecule has 0 aliphatic carbocycles. The van der Waals surface area contributed by atoms with E-state index in [1.54, 1.807) is 7.11 Å². The van der Waals surface area contributed by atoms with Gasteiger partial charge >= 0.3 is 0 Å². The molecule has 0 fully saturated rings. The van der Waals surface area contributed by atoms with Crippen LogP contribution in [0.5, 0.6) is 11.5 Å². The second-order valence-corrected chi connectivity index (χ2v) is 6.23. The van der Waals surface area contributed by atoms with Crippen LogP contribution in [0.4, 0.5) is 0 Å². The molecule has 0 N–H and O–H groups in total. The fraction of sp³-hybridized carbons (Fsp3) is 0.588. The molecule has 0 saturated carbocycles. The van der Waals surface area contributed by atoms with Crippen LogP contribution in [0.15, 0.2) is 17.1 Å². The van der Waals surface area contributed by atoms with Crippen LogP contribution in [-0.2, 0) is 17.7 Å². The molecule has 0 aromatic heterocycles. The first-order valence-electron chi connectivity index (χ1n) is 7.85. The van der Waals surface area contributed by atoms with Crippen LogP contribution in [0.25, 0.3) is 0 Å². The van der Waals surface area contributed by atoms with E-state index in [0.717, 1.165) is 31.0 Å². The monoisotopic (exact) mass is 304 g/mol. The summed E-state index contributed by atoms with van der Waals surface area (Å²) in [5, 5.41) is 0. The van der Waals surface area contributed by atoms with Gasteiger partial charge in [0.1, 0.15) is 0 Å². The van der Waals surface area contributed by atoms with Crippen LogP contribution < -0.4 is 9.47 Å². The molecule has 0 bridgehead atoms. The summed E-state index contributed by atoms with van der Waals surface area (Å²) in [7, 11) is 1.73. The van der Waals surface area contributed by atoms with Crippen LogP contribution in [-0.4, -0.2) is 44.3 Å². The summed E-state index contributed by atoms with van der Waals surface area (Å²) in [6.45, 7) is 7.19. The highest BCUT2D eigenvalue weighted by atomic mass is 16.7. The van der Waals surface area contributed by atoms with Gasteiger partial charge in [0, 0.05) is 20.2 Å². The fourth-order valence-electron chi connectivity index (χ4n) is 2.82. The molecule has 3 rings (SSSR count). The zero-order chi connectivity index (χ0) is 15.5. The van der Waals surface area contributed by atoms with Crippen molar-refractivity contribution in [3.05, 3.63) is 23.3 Å². The number of benzene rings is 1. The van der Waals surface area contributed by atoms with Crippen molar-refractivity contribution in [3.63, 3.8) is 0 Å². The molecule has 5 nitrogen and oxygen atoms in total. The molecule has 2 heterocycles. The Hall–Kier alpha value is -1.75. The average Bonchev–Trinajstić information content (AvgIpc) is 2.95. The lowest BCUT2D eigenvalue weighted by atomic mass is 9.99. The van der Waals surface area contributed by atoms with Gasteiger partial charge in [-0.15, -0.1) is 0 Å². The molecule has 5 heteroatoms. The third kappa shape index (κ3) is 3.19. The molecular formula is C17H24N2O3. The molecule has 22 heavy (non-hydrogen) atoms. The molecule has 1 aromatic carbocycles. The van der Waals surface area contributed by atoms with Gasteiger partial charge in [-0.1, -0.05) is 13.8 Å². The number of hydrogen-bond acceptors (Lipinski definition) is 4. The number of ether oxygens (including phenoxy) is 3. The summed E-state index contributed by atoms with van der Waals surface area (Å²) >= 11 is 0. The molecule has 1 atom stereocenters. The van der Waals surface area contributed by atoms with E-state index < -0.39 is 0 Å². The van der Waals surface area contributed by atoms with Crippen molar-refractivity contribution in [2.45, 2.75) is 32.9 Å². The topological polar surface area (TPSA) is 43.3 Å². The van der Waals surface area contributed by atoms with Gasteiger partial charge in [0.05, 0.1) is 19.0 Å². The Morgan fingerprint density at radius 3 is 2.68 bits per heavy atom. The van der Waals surface area contributed by atoms with Crippen molar-refractivity contribution in [3.8, 4) is 11.5 Å². The van der Waals surface area contributed by atoms with Crippen LogP contribution in [0, 0.1) is 5.92 Å². The van der Waals surface area contributed by atoms with E-state index in [-0.39, 0.29) is 6.04 Å². The number of methoxy groups -OCH3 is 1. The number of aliphatic imine (C=N–C) groups is 1. The minimum Gasteiger partial charge on any atom is -0.454 e. The summed E-state index contributed by atoms with van der Waals surface area (Å²) in [6.07, 6.45) is 2.99. The summed E-state index contributed by atoms with van der Waals surface area (Å²) in [5.74, 6) is 2.21. The predicted molar refractivity (Wildman–Crippen MR) is 85.7 cm³/mol. The van der Waals surface area contributed by atoms with Gasteiger partial charge in [-0.05, 0) is 35.6 Å². The smallest absolute Gasteiger partial charge is 0.231 e. The highest BCUT2D eigenvalue weighted by molar-refractivity contribution is 5.58. The van der Waals surface area contributed by atoms with Gasteiger partial charge in [-0.25, -0.2) is 0 Å². The molecular weight excluding hydrogens is 280 g/mol. The van der Waals surface area contributed by atoms with Crippen molar-refractivity contribution in [2.75, 3.05) is 27.1 Å². The largest absolute Gasteiger partial charge is 0.454 e. The molecule has 1 aromatic rings. The van der Waals surface area contributed by atoms with Crippen LogP contribution in [0.2, 0.25) is 0 Å². The lowest BCUT2D eigenvalue weighted by molar-refractivity contribution is 0.164. The van der Waals surface area contributed by atoms with E-state index in [9.17, 15) is 0 Å². The highest BCUT2D eigenvalue weighted by Gasteiger charge is 2.21. The molecule has 0 radical (unpaired) electrons. The number of rotatable bonds is 5. The number of nitrogens with zero attached hydrogens (tertiary/aromatic N) is 2. The maximum atomic E-state index is 5.47. The Bertz CT molecular complexity index is 557. The molecule has 0 amide bonds. The molecule has 0 spiro atoms. The van der Waals surface area contributed by atoms with E-state index in [4.69, 9.17) is 19.2 Å². The summed E-state index contributed by atoms with van der Waals surface area (Å²) in [5.41, 5.74) is 2.65. The second kappa shape index (κ2) is 6.57. The van der Waals surface area contributed by atoms with E-state index >= 15 is 0 Å². The van der Waals surface area contributed by atoms with Gasteiger partial charge in [-0.2, -0.15) is 0 Å². The zero-order valence-electron chi connectivity index (χ0n) is 13.5. The molecule has 1 unspecified atom stereocenters. The third-order valence-corrected chi connectivity index (χ3v) is 4.27. The predicted octanol–water partition coefficient (Wildman–Crippen LogP) is 2.47. The molecule has 120 valence electrons. The third-order valence-electron chi connectivity index (χ3n) is 4.27. The Labute approximate surface area is 131 Å². The van der Waals surface area contributed by atoms with Crippen molar-refractivity contribution in [1.29, 1.82) is 0 Å². The summed E-state index contributed by atoms with van der Waals surface area (Å²) in [4.78, 5) is 6.96. The van der Waals surface area contributed by atoms with Gasteiger partial charge < -0.3 is 19.1 Å². The first kappa shape index (κ1) is 15.2. The van der Waals surface area contributed by atoms with Gasteiger partial charge in [-0.3, -0.25) is 4.99 Å². The van der Waals surface area contributed by atoms with Crippen molar-refractivity contribution >= 4 is 6.34 Å². The van der Waals surface area contributed by atoms with E-state index in [1.165, 1.54) is 11.1 Å². The molecule has 0 saturated heterocycles. The fourth-order valence-corrected chi connectivity index (χ4v) is 2.82. The first-order chi connectivity index (χ1) is 10.7. The quantitative estimate of drug-likeness (QED) is 0.619. The Morgan fingerprint density at radius 2 is 2.00 bits per heavy atom. The lowest BCUT2D eigenvalue weighted by Gasteiger charge is -2.28. The summed E-state index contributed by atoms with van der Waals surface area (Å²) < 4.78 is 16.2. The number of hydrogen-bond donors (Lipinski definition) is 0.